The summed E-state index contributed by atoms with van der Waals surface area (Å²) in [5.41, 5.74) is 4.03. The lowest BCUT2D eigenvalue weighted by Crippen LogP contribution is -2.09. The molecule has 21 heavy (non-hydrogen) atoms. The number of nitrogens with zero attached hydrogens (tertiary/aromatic N) is 1. The molecule has 0 spiro atoms. The molecule has 1 aliphatic rings. The van der Waals surface area contributed by atoms with Crippen molar-refractivity contribution in [3.63, 3.8) is 0 Å². The zero-order chi connectivity index (χ0) is 14.8. The highest BCUT2D eigenvalue weighted by Gasteiger charge is 2.13. The number of rotatable bonds is 3. The minimum Gasteiger partial charge on any atom is -0.444 e. The van der Waals surface area contributed by atoms with E-state index in [0.717, 1.165) is 35.7 Å². The lowest BCUT2D eigenvalue weighted by Gasteiger charge is -2.10. The molecule has 2 aromatic rings. The van der Waals surface area contributed by atoms with Gasteiger partial charge < -0.3 is 15.1 Å². The molecule has 2 heterocycles. The van der Waals surface area contributed by atoms with E-state index in [4.69, 9.17) is 4.42 Å². The average Bonchev–Trinajstić information content (AvgIpc) is 2.67. The van der Waals surface area contributed by atoms with Gasteiger partial charge in [0.05, 0.1) is 12.2 Å². The first-order valence-electron chi connectivity index (χ1n) is 7.21. The number of aromatic nitrogens is 1. The molecule has 0 bridgehead atoms. The molecule has 0 fully saturated rings. The third kappa shape index (κ3) is 3.07. The van der Waals surface area contributed by atoms with Gasteiger partial charge in [0.1, 0.15) is 5.76 Å². The van der Waals surface area contributed by atoms with Crippen molar-refractivity contribution in [2.75, 3.05) is 10.6 Å². The first-order valence-corrected chi connectivity index (χ1v) is 7.21. The highest BCUT2D eigenvalue weighted by atomic mass is 16.4. The second kappa shape index (κ2) is 5.60. The molecule has 0 saturated heterocycles. The van der Waals surface area contributed by atoms with E-state index in [-0.39, 0.29) is 5.91 Å². The summed E-state index contributed by atoms with van der Waals surface area (Å²) in [5.74, 6) is 1.64. The Bertz CT molecular complexity index is 657. The number of hydrogen-bond donors (Lipinski definition) is 2. The van der Waals surface area contributed by atoms with Gasteiger partial charge in [0.15, 0.2) is 0 Å². The first-order chi connectivity index (χ1) is 10.1. The molecule has 3 rings (SSSR count). The summed E-state index contributed by atoms with van der Waals surface area (Å²) in [4.78, 5) is 15.9. The maximum absolute atomic E-state index is 11.5. The molecule has 0 saturated carbocycles. The number of amides is 1. The van der Waals surface area contributed by atoms with E-state index in [1.165, 1.54) is 5.56 Å². The quantitative estimate of drug-likeness (QED) is 0.909. The van der Waals surface area contributed by atoms with Crippen LogP contribution in [0.1, 0.15) is 35.7 Å². The summed E-state index contributed by atoms with van der Waals surface area (Å²) in [6.07, 6.45) is 2.40. The Morgan fingerprint density at radius 1 is 1.33 bits per heavy atom. The molecular weight excluding hydrogens is 266 g/mol. The molecule has 2 N–H and O–H groups in total. The highest BCUT2D eigenvalue weighted by Crippen LogP contribution is 2.25. The standard InChI is InChI=1S/C16H19N3O2/c1-10-11(2)21-16(18-10)9-17-13-6-7-14-12(8-13)4-3-5-15(20)19-14/h6-8,17H,3-5,9H2,1-2H3,(H,19,20). The Morgan fingerprint density at radius 3 is 2.95 bits per heavy atom. The number of anilines is 2. The lowest BCUT2D eigenvalue weighted by atomic mass is 10.1. The Hall–Kier alpha value is -2.30. The predicted octanol–water partition coefficient (Wildman–Crippen LogP) is 3.18. The van der Waals surface area contributed by atoms with Crippen molar-refractivity contribution in [1.29, 1.82) is 0 Å². The normalized spacial score (nSPS) is 14.3. The van der Waals surface area contributed by atoms with Gasteiger partial charge in [-0.3, -0.25) is 4.79 Å². The van der Waals surface area contributed by atoms with Crippen LogP contribution >= 0.6 is 0 Å². The van der Waals surface area contributed by atoms with Crippen molar-refractivity contribution in [3.8, 4) is 0 Å². The minimum atomic E-state index is 0.0974. The van der Waals surface area contributed by atoms with E-state index < -0.39 is 0 Å². The van der Waals surface area contributed by atoms with E-state index in [1.54, 1.807) is 0 Å². The SMILES string of the molecule is Cc1nc(CNc2ccc3c(c2)CCCC(=O)N3)oc1C. The van der Waals surface area contributed by atoms with Gasteiger partial charge in [-0.15, -0.1) is 0 Å². The molecule has 5 heteroatoms. The van der Waals surface area contributed by atoms with Crippen LogP contribution in [-0.4, -0.2) is 10.9 Å². The molecule has 1 aromatic heterocycles. The topological polar surface area (TPSA) is 67.2 Å². The van der Waals surface area contributed by atoms with Gasteiger partial charge in [0.2, 0.25) is 11.8 Å². The Morgan fingerprint density at radius 2 is 2.19 bits per heavy atom. The molecule has 0 aliphatic carbocycles. The van der Waals surface area contributed by atoms with Crippen molar-refractivity contribution < 1.29 is 9.21 Å². The van der Waals surface area contributed by atoms with E-state index in [0.29, 0.717) is 18.9 Å². The fourth-order valence-corrected chi connectivity index (χ4v) is 2.48. The van der Waals surface area contributed by atoms with Crippen LogP contribution in [0.15, 0.2) is 22.6 Å². The smallest absolute Gasteiger partial charge is 0.224 e. The van der Waals surface area contributed by atoms with Crippen LogP contribution in [0.5, 0.6) is 0 Å². The minimum absolute atomic E-state index is 0.0974. The van der Waals surface area contributed by atoms with Crippen molar-refractivity contribution in [2.24, 2.45) is 0 Å². The fraction of sp³-hybridized carbons (Fsp3) is 0.375. The van der Waals surface area contributed by atoms with Crippen molar-refractivity contribution >= 4 is 17.3 Å². The number of benzene rings is 1. The van der Waals surface area contributed by atoms with Crippen LogP contribution in [-0.2, 0) is 17.8 Å². The van der Waals surface area contributed by atoms with Gasteiger partial charge in [-0.2, -0.15) is 0 Å². The van der Waals surface area contributed by atoms with Crippen LogP contribution in [0.25, 0.3) is 0 Å². The lowest BCUT2D eigenvalue weighted by molar-refractivity contribution is -0.116. The molecule has 5 nitrogen and oxygen atoms in total. The number of oxazole rings is 1. The number of aryl methyl sites for hydroxylation is 3. The second-order valence-electron chi connectivity index (χ2n) is 5.38. The summed E-state index contributed by atoms with van der Waals surface area (Å²) >= 11 is 0. The summed E-state index contributed by atoms with van der Waals surface area (Å²) in [6.45, 7) is 4.41. The summed E-state index contributed by atoms with van der Waals surface area (Å²) < 4.78 is 5.55. The number of carbonyl (C=O) groups excluding carboxylic acids is 1. The monoisotopic (exact) mass is 285 g/mol. The van der Waals surface area contributed by atoms with Crippen LogP contribution in [0.3, 0.4) is 0 Å². The van der Waals surface area contributed by atoms with Crippen LogP contribution in [0, 0.1) is 13.8 Å². The number of nitrogens with one attached hydrogen (secondary N) is 2. The first kappa shape index (κ1) is 13.7. The number of carbonyl (C=O) groups is 1. The summed E-state index contributed by atoms with van der Waals surface area (Å²) in [7, 11) is 0. The maximum Gasteiger partial charge on any atom is 0.224 e. The molecule has 110 valence electrons. The zero-order valence-electron chi connectivity index (χ0n) is 12.3. The van der Waals surface area contributed by atoms with Crippen LogP contribution in [0.2, 0.25) is 0 Å². The summed E-state index contributed by atoms with van der Waals surface area (Å²) in [6, 6.07) is 6.00. The van der Waals surface area contributed by atoms with Gasteiger partial charge in [-0.1, -0.05) is 0 Å². The Balaban J connectivity index is 1.72. The second-order valence-corrected chi connectivity index (χ2v) is 5.38. The Kier molecular flexibility index (Phi) is 3.64. The summed E-state index contributed by atoms with van der Waals surface area (Å²) in [5, 5.41) is 6.25. The molecular formula is C16H19N3O2. The molecule has 1 aliphatic heterocycles. The van der Waals surface area contributed by atoms with Crippen LogP contribution in [0.4, 0.5) is 11.4 Å². The Labute approximate surface area is 123 Å². The molecule has 1 amide bonds. The van der Waals surface area contributed by atoms with Gasteiger partial charge >= 0.3 is 0 Å². The zero-order valence-corrected chi connectivity index (χ0v) is 12.3. The van der Waals surface area contributed by atoms with Gasteiger partial charge in [-0.05, 0) is 50.5 Å². The molecule has 0 unspecified atom stereocenters. The number of hydrogen-bond acceptors (Lipinski definition) is 4. The van der Waals surface area contributed by atoms with Gasteiger partial charge in [0.25, 0.3) is 0 Å². The molecule has 0 radical (unpaired) electrons. The number of fused-ring (bicyclic) bond motifs is 1. The highest BCUT2D eigenvalue weighted by molar-refractivity contribution is 5.92. The van der Waals surface area contributed by atoms with Gasteiger partial charge in [-0.25, -0.2) is 4.98 Å². The van der Waals surface area contributed by atoms with Crippen molar-refractivity contribution in [1.82, 2.24) is 4.98 Å². The maximum atomic E-state index is 11.5. The molecule has 1 aromatic carbocycles. The average molecular weight is 285 g/mol. The van der Waals surface area contributed by atoms with E-state index in [2.05, 4.69) is 21.7 Å². The predicted molar refractivity (Wildman–Crippen MR) is 81.3 cm³/mol. The third-order valence-electron chi connectivity index (χ3n) is 3.75. The van der Waals surface area contributed by atoms with E-state index in [1.807, 2.05) is 26.0 Å². The van der Waals surface area contributed by atoms with Crippen molar-refractivity contribution in [3.05, 3.63) is 41.1 Å². The molecule has 0 atom stereocenters. The van der Waals surface area contributed by atoms with Crippen molar-refractivity contribution in [2.45, 2.75) is 39.7 Å². The van der Waals surface area contributed by atoms with E-state index >= 15 is 0 Å². The van der Waals surface area contributed by atoms with Gasteiger partial charge in [0, 0.05) is 17.8 Å². The largest absolute Gasteiger partial charge is 0.444 e. The van der Waals surface area contributed by atoms with Crippen LogP contribution < -0.4 is 10.6 Å². The third-order valence-corrected chi connectivity index (χ3v) is 3.75. The van der Waals surface area contributed by atoms with E-state index in [9.17, 15) is 4.79 Å². The fourth-order valence-electron chi connectivity index (χ4n) is 2.48.